The number of anilines is 1. The summed E-state index contributed by atoms with van der Waals surface area (Å²) in [6.45, 7) is 2.88. The fraction of sp³-hybridized carbons (Fsp3) is 0.667. The highest BCUT2D eigenvalue weighted by atomic mass is 16.3. The van der Waals surface area contributed by atoms with Gasteiger partial charge in [-0.2, -0.15) is 5.10 Å². The van der Waals surface area contributed by atoms with Gasteiger partial charge in [0.1, 0.15) is 5.82 Å². The summed E-state index contributed by atoms with van der Waals surface area (Å²) in [7, 11) is 0. The highest BCUT2D eigenvalue weighted by Crippen LogP contribution is 2.22. The molecule has 2 rings (SSSR count). The van der Waals surface area contributed by atoms with Gasteiger partial charge < -0.3 is 10.0 Å². The molecule has 13 heavy (non-hydrogen) atoms. The van der Waals surface area contributed by atoms with E-state index in [1.165, 1.54) is 0 Å². The standard InChI is InChI=1S/C9H15N3O/c1-7-2-3-8(13)6-12(7)9-4-5-10-11-9/h4-5,7-8,13H,2-3,6H2,1H3,(H,10,11)/t7-,8?/m0/s1. The minimum absolute atomic E-state index is 0.195. The summed E-state index contributed by atoms with van der Waals surface area (Å²) >= 11 is 0. The first-order chi connectivity index (χ1) is 6.27. The van der Waals surface area contributed by atoms with Gasteiger partial charge in [0.25, 0.3) is 0 Å². The Morgan fingerprint density at radius 1 is 1.62 bits per heavy atom. The maximum Gasteiger partial charge on any atom is 0.124 e. The average Bonchev–Trinajstić information content (AvgIpc) is 2.61. The zero-order valence-electron chi connectivity index (χ0n) is 7.77. The Hall–Kier alpha value is -1.03. The molecule has 4 nitrogen and oxygen atoms in total. The van der Waals surface area contributed by atoms with E-state index in [1.807, 2.05) is 6.07 Å². The number of H-pyrrole nitrogens is 1. The van der Waals surface area contributed by atoms with Gasteiger partial charge >= 0.3 is 0 Å². The summed E-state index contributed by atoms with van der Waals surface area (Å²) in [5, 5.41) is 16.4. The van der Waals surface area contributed by atoms with Crippen LogP contribution in [0.1, 0.15) is 19.8 Å². The minimum Gasteiger partial charge on any atom is -0.391 e. The van der Waals surface area contributed by atoms with Crippen LogP contribution in [0.25, 0.3) is 0 Å². The molecule has 2 N–H and O–H groups in total. The second-order valence-electron chi connectivity index (χ2n) is 3.67. The third-order valence-electron chi connectivity index (χ3n) is 2.65. The average molecular weight is 181 g/mol. The van der Waals surface area contributed by atoms with Crippen molar-refractivity contribution < 1.29 is 5.11 Å². The number of aromatic nitrogens is 2. The SMILES string of the molecule is C[C@H]1CCC(O)CN1c1ccn[nH]1. The zero-order chi connectivity index (χ0) is 9.26. The summed E-state index contributed by atoms with van der Waals surface area (Å²) in [6.07, 6.45) is 3.49. The Morgan fingerprint density at radius 2 is 2.46 bits per heavy atom. The number of rotatable bonds is 1. The number of aliphatic hydroxyl groups is 1. The van der Waals surface area contributed by atoms with Gasteiger partial charge in [-0.05, 0) is 19.8 Å². The quantitative estimate of drug-likeness (QED) is 0.672. The molecule has 0 aliphatic carbocycles. The van der Waals surface area contributed by atoms with Crippen LogP contribution in [0, 0.1) is 0 Å². The van der Waals surface area contributed by atoms with Crippen LogP contribution < -0.4 is 4.90 Å². The van der Waals surface area contributed by atoms with Crippen molar-refractivity contribution in [2.75, 3.05) is 11.4 Å². The molecule has 0 amide bonds. The van der Waals surface area contributed by atoms with Crippen molar-refractivity contribution in [2.24, 2.45) is 0 Å². The predicted molar refractivity (Wildman–Crippen MR) is 50.6 cm³/mol. The first kappa shape index (κ1) is 8.56. The predicted octanol–water partition coefficient (Wildman–Crippen LogP) is 0.759. The normalized spacial score (nSPS) is 29.2. The van der Waals surface area contributed by atoms with Crippen LogP contribution in [0.2, 0.25) is 0 Å². The first-order valence-electron chi connectivity index (χ1n) is 4.71. The molecule has 4 heteroatoms. The number of hydrogen-bond donors (Lipinski definition) is 2. The van der Waals surface area contributed by atoms with Crippen molar-refractivity contribution in [1.29, 1.82) is 0 Å². The monoisotopic (exact) mass is 181 g/mol. The van der Waals surface area contributed by atoms with E-state index < -0.39 is 0 Å². The highest BCUT2D eigenvalue weighted by Gasteiger charge is 2.24. The van der Waals surface area contributed by atoms with Gasteiger partial charge in [0.2, 0.25) is 0 Å². The van der Waals surface area contributed by atoms with Crippen LogP contribution in [0.4, 0.5) is 5.82 Å². The highest BCUT2D eigenvalue weighted by molar-refractivity contribution is 5.38. The molecule has 0 saturated carbocycles. The number of β-amino-alcohol motifs (C(OH)–C–C–N with tert-alkyl or cyclic N) is 1. The fourth-order valence-electron chi connectivity index (χ4n) is 1.83. The van der Waals surface area contributed by atoms with Gasteiger partial charge in [-0.1, -0.05) is 0 Å². The van der Waals surface area contributed by atoms with Crippen molar-refractivity contribution in [1.82, 2.24) is 10.2 Å². The minimum atomic E-state index is -0.195. The van der Waals surface area contributed by atoms with Crippen molar-refractivity contribution in [2.45, 2.75) is 31.9 Å². The van der Waals surface area contributed by atoms with Crippen LogP contribution in [0.5, 0.6) is 0 Å². The molecule has 1 saturated heterocycles. The first-order valence-corrected chi connectivity index (χ1v) is 4.71. The lowest BCUT2D eigenvalue weighted by Crippen LogP contribution is -2.44. The molecular weight excluding hydrogens is 166 g/mol. The molecule has 1 aromatic heterocycles. The van der Waals surface area contributed by atoms with Crippen molar-refractivity contribution in [3.05, 3.63) is 12.3 Å². The van der Waals surface area contributed by atoms with Gasteiger partial charge in [-0.3, -0.25) is 5.10 Å². The summed E-state index contributed by atoms with van der Waals surface area (Å²) < 4.78 is 0. The van der Waals surface area contributed by atoms with Crippen LogP contribution in [0.15, 0.2) is 12.3 Å². The number of hydrogen-bond acceptors (Lipinski definition) is 3. The summed E-state index contributed by atoms with van der Waals surface area (Å²) in [6, 6.07) is 2.43. The fourth-order valence-corrected chi connectivity index (χ4v) is 1.83. The third-order valence-corrected chi connectivity index (χ3v) is 2.65. The Labute approximate surface area is 77.6 Å². The molecule has 2 atom stereocenters. The molecule has 1 aliphatic heterocycles. The molecule has 1 aliphatic rings. The van der Waals surface area contributed by atoms with E-state index in [0.29, 0.717) is 12.6 Å². The van der Waals surface area contributed by atoms with Crippen molar-refractivity contribution >= 4 is 5.82 Å². The maximum atomic E-state index is 9.52. The van der Waals surface area contributed by atoms with Crippen molar-refractivity contribution in [3.63, 3.8) is 0 Å². The lowest BCUT2D eigenvalue weighted by molar-refractivity contribution is 0.143. The van der Waals surface area contributed by atoms with E-state index in [0.717, 1.165) is 18.7 Å². The largest absolute Gasteiger partial charge is 0.391 e. The number of nitrogens with one attached hydrogen (secondary N) is 1. The second-order valence-corrected chi connectivity index (χ2v) is 3.67. The van der Waals surface area contributed by atoms with Gasteiger partial charge in [0, 0.05) is 18.7 Å². The molecule has 0 aromatic carbocycles. The zero-order valence-corrected chi connectivity index (χ0v) is 7.77. The van der Waals surface area contributed by atoms with Crippen molar-refractivity contribution in [3.8, 4) is 0 Å². The number of piperidine rings is 1. The molecule has 1 fully saturated rings. The van der Waals surface area contributed by atoms with E-state index in [-0.39, 0.29) is 6.10 Å². The molecule has 1 unspecified atom stereocenters. The number of aromatic amines is 1. The van der Waals surface area contributed by atoms with Crippen LogP contribution in [-0.2, 0) is 0 Å². The van der Waals surface area contributed by atoms with E-state index >= 15 is 0 Å². The molecule has 1 aromatic rings. The second kappa shape index (κ2) is 3.38. The molecule has 0 radical (unpaired) electrons. The summed E-state index contributed by atoms with van der Waals surface area (Å²) in [5.74, 6) is 1.01. The molecule has 2 heterocycles. The van der Waals surface area contributed by atoms with Crippen LogP contribution in [-0.4, -0.2) is 34.0 Å². The van der Waals surface area contributed by atoms with Crippen LogP contribution >= 0.6 is 0 Å². The number of nitrogens with zero attached hydrogens (tertiary/aromatic N) is 2. The van der Waals surface area contributed by atoms with E-state index in [2.05, 4.69) is 22.0 Å². The Balaban J connectivity index is 2.12. The lowest BCUT2D eigenvalue weighted by Gasteiger charge is -2.36. The number of aliphatic hydroxyl groups excluding tert-OH is 1. The smallest absolute Gasteiger partial charge is 0.124 e. The Morgan fingerprint density at radius 3 is 3.15 bits per heavy atom. The Kier molecular flexibility index (Phi) is 2.22. The van der Waals surface area contributed by atoms with E-state index in [1.54, 1.807) is 6.20 Å². The Bertz CT molecular complexity index is 260. The van der Waals surface area contributed by atoms with Gasteiger partial charge in [-0.25, -0.2) is 0 Å². The molecule has 0 spiro atoms. The van der Waals surface area contributed by atoms with Gasteiger partial charge in [-0.15, -0.1) is 0 Å². The van der Waals surface area contributed by atoms with E-state index in [9.17, 15) is 5.11 Å². The topological polar surface area (TPSA) is 52.1 Å². The van der Waals surface area contributed by atoms with Gasteiger partial charge in [0.15, 0.2) is 0 Å². The lowest BCUT2D eigenvalue weighted by atomic mass is 10.0. The summed E-state index contributed by atoms with van der Waals surface area (Å²) in [4.78, 5) is 2.17. The molecule has 0 bridgehead atoms. The molecular formula is C9H15N3O. The third kappa shape index (κ3) is 1.67. The summed E-state index contributed by atoms with van der Waals surface area (Å²) in [5.41, 5.74) is 0. The van der Waals surface area contributed by atoms with E-state index in [4.69, 9.17) is 0 Å². The molecule has 72 valence electrons. The maximum absolute atomic E-state index is 9.52. The van der Waals surface area contributed by atoms with Gasteiger partial charge in [0.05, 0.1) is 12.3 Å². The van der Waals surface area contributed by atoms with Crippen LogP contribution in [0.3, 0.4) is 0 Å².